The smallest absolute Gasteiger partial charge is 0.306 e. The predicted octanol–water partition coefficient (Wildman–Crippen LogP) is 19.1. The topological polar surface area (TPSA) is 78.9 Å². The van der Waals surface area contributed by atoms with E-state index in [-0.39, 0.29) is 31.1 Å². The van der Waals surface area contributed by atoms with Gasteiger partial charge in [0.25, 0.3) is 0 Å². The molecule has 0 fully saturated rings. The summed E-state index contributed by atoms with van der Waals surface area (Å²) in [6.45, 7) is 6.65. The molecule has 0 bridgehead atoms. The first-order valence-electron chi connectivity index (χ1n) is 28.8. The van der Waals surface area contributed by atoms with E-state index in [1.165, 1.54) is 199 Å². The first-order chi connectivity index (χ1) is 32.0. The first kappa shape index (κ1) is 62.9. The molecular formula is C59H110O6. The molecule has 0 amide bonds. The van der Waals surface area contributed by atoms with E-state index in [1.807, 2.05) is 0 Å². The van der Waals surface area contributed by atoms with Crippen LogP contribution >= 0.6 is 0 Å². The maximum absolute atomic E-state index is 12.8. The Hall–Kier alpha value is -2.11. The first-order valence-corrected chi connectivity index (χ1v) is 28.8. The minimum Gasteiger partial charge on any atom is -0.462 e. The zero-order valence-corrected chi connectivity index (χ0v) is 43.8. The molecule has 0 spiro atoms. The number of rotatable bonds is 53. The number of carbonyl (C=O) groups is 3. The molecule has 0 saturated heterocycles. The number of allylic oxidation sites excluding steroid dienone is 4. The monoisotopic (exact) mass is 915 g/mol. The maximum Gasteiger partial charge on any atom is 0.306 e. The van der Waals surface area contributed by atoms with Crippen LogP contribution in [0.5, 0.6) is 0 Å². The van der Waals surface area contributed by atoms with Crippen LogP contribution in [0.1, 0.15) is 316 Å². The fourth-order valence-electron chi connectivity index (χ4n) is 8.59. The van der Waals surface area contributed by atoms with Crippen molar-refractivity contribution in [1.82, 2.24) is 0 Å². The minimum atomic E-state index is -0.773. The zero-order chi connectivity index (χ0) is 47.2. The molecule has 0 aliphatic heterocycles. The lowest BCUT2D eigenvalue weighted by atomic mass is 10.0. The second-order valence-corrected chi connectivity index (χ2v) is 19.6. The molecule has 0 N–H and O–H groups in total. The zero-order valence-electron chi connectivity index (χ0n) is 43.8. The van der Waals surface area contributed by atoms with Gasteiger partial charge >= 0.3 is 17.9 Å². The van der Waals surface area contributed by atoms with Crippen molar-refractivity contribution in [3.05, 3.63) is 24.3 Å². The molecule has 0 saturated carbocycles. The average molecular weight is 916 g/mol. The number of hydrogen-bond donors (Lipinski definition) is 0. The van der Waals surface area contributed by atoms with Crippen molar-refractivity contribution in [1.29, 1.82) is 0 Å². The van der Waals surface area contributed by atoms with Crippen LogP contribution in [-0.4, -0.2) is 37.2 Å². The van der Waals surface area contributed by atoms with E-state index in [0.717, 1.165) is 77.0 Å². The van der Waals surface area contributed by atoms with Gasteiger partial charge in [-0.2, -0.15) is 0 Å². The van der Waals surface area contributed by atoms with E-state index >= 15 is 0 Å². The third kappa shape index (κ3) is 52.7. The number of carbonyl (C=O) groups excluding carboxylic acids is 3. The van der Waals surface area contributed by atoms with Crippen molar-refractivity contribution in [3.8, 4) is 0 Å². The second-order valence-electron chi connectivity index (χ2n) is 19.6. The van der Waals surface area contributed by atoms with Gasteiger partial charge in [0.1, 0.15) is 13.2 Å². The van der Waals surface area contributed by atoms with Gasteiger partial charge in [-0.15, -0.1) is 0 Å². The van der Waals surface area contributed by atoms with Crippen LogP contribution in [0.4, 0.5) is 0 Å². The average Bonchev–Trinajstić information content (AvgIpc) is 3.30. The summed E-state index contributed by atoms with van der Waals surface area (Å²) < 4.78 is 16.8. The van der Waals surface area contributed by atoms with Crippen molar-refractivity contribution in [2.24, 2.45) is 0 Å². The lowest BCUT2D eigenvalue weighted by Gasteiger charge is -2.18. The van der Waals surface area contributed by atoms with Gasteiger partial charge in [0.15, 0.2) is 6.10 Å². The predicted molar refractivity (Wildman–Crippen MR) is 279 cm³/mol. The van der Waals surface area contributed by atoms with Crippen LogP contribution < -0.4 is 0 Å². The highest BCUT2D eigenvalue weighted by atomic mass is 16.6. The third-order valence-corrected chi connectivity index (χ3v) is 13.0. The Kier molecular flexibility index (Phi) is 52.7. The normalized spacial score (nSPS) is 12.1. The van der Waals surface area contributed by atoms with Gasteiger partial charge < -0.3 is 14.2 Å². The summed E-state index contributed by atoms with van der Waals surface area (Å²) in [7, 11) is 0. The van der Waals surface area contributed by atoms with Crippen LogP contribution in [0, 0.1) is 0 Å². The molecule has 6 nitrogen and oxygen atoms in total. The van der Waals surface area contributed by atoms with Gasteiger partial charge in [-0.05, 0) is 51.4 Å². The Labute approximate surface area is 404 Å². The van der Waals surface area contributed by atoms with Crippen LogP contribution in [0.2, 0.25) is 0 Å². The van der Waals surface area contributed by atoms with Crippen LogP contribution in [0.15, 0.2) is 24.3 Å². The maximum atomic E-state index is 12.8. The Morgan fingerprint density at radius 3 is 0.862 bits per heavy atom. The molecule has 0 heterocycles. The largest absolute Gasteiger partial charge is 0.462 e. The van der Waals surface area contributed by atoms with Gasteiger partial charge in [0, 0.05) is 19.3 Å². The quantitative estimate of drug-likeness (QED) is 0.0262. The van der Waals surface area contributed by atoms with Gasteiger partial charge in [-0.3, -0.25) is 14.4 Å². The molecule has 6 heteroatoms. The van der Waals surface area contributed by atoms with Crippen LogP contribution in [0.3, 0.4) is 0 Å². The van der Waals surface area contributed by atoms with Crippen molar-refractivity contribution in [2.75, 3.05) is 13.2 Å². The minimum absolute atomic E-state index is 0.0717. The van der Waals surface area contributed by atoms with Crippen molar-refractivity contribution in [2.45, 2.75) is 322 Å². The van der Waals surface area contributed by atoms with Crippen LogP contribution in [0.25, 0.3) is 0 Å². The van der Waals surface area contributed by atoms with E-state index < -0.39 is 6.10 Å². The SMILES string of the molecule is CCCCCC/C=C\C/C=C\CCCCCCCC(=O)OC(COC(=O)CCCCCCCCCCCCC)COC(=O)CCCCCCCCCCCCCCCCCCCCCC. The number of unbranched alkanes of at least 4 members (excludes halogenated alkanes) is 38. The highest BCUT2D eigenvalue weighted by Crippen LogP contribution is 2.17. The Balaban J connectivity index is 4.28. The molecule has 1 unspecified atom stereocenters. The van der Waals surface area contributed by atoms with Crippen LogP contribution in [-0.2, 0) is 28.6 Å². The molecule has 1 atom stereocenters. The number of esters is 3. The van der Waals surface area contributed by atoms with Gasteiger partial charge in [0.2, 0.25) is 0 Å². The Bertz CT molecular complexity index is 1050. The second kappa shape index (κ2) is 54.5. The molecule has 0 aliphatic carbocycles. The fraction of sp³-hybridized carbons (Fsp3) is 0.881. The number of ether oxygens (including phenoxy) is 3. The Morgan fingerprint density at radius 1 is 0.308 bits per heavy atom. The lowest BCUT2D eigenvalue weighted by molar-refractivity contribution is -0.167. The Morgan fingerprint density at radius 2 is 0.554 bits per heavy atom. The number of hydrogen-bond acceptors (Lipinski definition) is 6. The lowest BCUT2D eigenvalue weighted by Crippen LogP contribution is -2.30. The van der Waals surface area contributed by atoms with Crippen molar-refractivity contribution < 1.29 is 28.6 Å². The molecule has 0 rings (SSSR count). The molecule has 382 valence electrons. The summed E-state index contributed by atoms with van der Waals surface area (Å²) in [6, 6.07) is 0. The molecule has 0 aromatic rings. The molecule has 0 aromatic heterocycles. The summed E-state index contributed by atoms with van der Waals surface area (Å²) in [5.74, 6) is -0.866. The van der Waals surface area contributed by atoms with E-state index in [0.29, 0.717) is 19.3 Å². The van der Waals surface area contributed by atoms with E-state index in [4.69, 9.17) is 14.2 Å². The fourth-order valence-corrected chi connectivity index (χ4v) is 8.59. The van der Waals surface area contributed by atoms with Gasteiger partial charge in [0.05, 0.1) is 0 Å². The molecular weight excluding hydrogens is 805 g/mol. The molecule has 65 heavy (non-hydrogen) atoms. The summed E-state index contributed by atoms with van der Waals surface area (Å²) in [5, 5.41) is 0. The summed E-state index contributed by atoms with van der Waals surface area (Å²) in [4.78, 5) is 38.1. The third-order valence-electron chi connectivity index (χ3n) is 13.0. The van der Waals surface area contributed by atoms with Gasteiger partial charge in [-0.25, -0.2) is 0 Å². The highest BCUT2D eigenvalue weighted by molar-refractivity contribution is 5.71. The van der Waals surface area contributed by atoms with Gasteiger partial charge in [-0.1, -0.05) is 270 Å². The van der Waals surface area contributed by atoms with E-state index in [9.17, 15) is 14.4 Å². The highest BCUT2D eigenvalue weighted by Gasteiger charge is 2.19. The standard InChI is InChI=1S/C59H110O6/c1-4-7-10-13-16-19-22-24-26-28-29-30-31-33-34-37-40-43-46-49-52-58(61)64-55-56(54-63-57(60)51-48-45-42-39-36-21-18-15-12-9-6-3)65-59(62)53-50-47-44-41-38-35-32-27-25-23-20-17-14-11-8-5-2/h20,23,27,32,56H,4-19,21-22,24-26,28-31,33-55H2,1-3H3/b23-20-,32-27-. The molecule has 0 aromatic carbocycles. The summed E-state index contributed by atoms with van der Waals surface area (Å²) in [6.07, 6.45) is 63.1. The van der Waals surface area contributed by atoms with E-state index in [2.05, 4.69) is 45.1 Å². The molecule has 0 radical (unpaired) electrons. The molecule has 0 aliphatic rings. The van der Waals surface area contributed by atoms with Crippen molar-refractivity contribution in [3.63, 3.8) is 0 Å². The van der Waals surface area contributed by atoms with E-state index in [1.54, 1.807) is 0 Å². The van der Waals surface area contributed by atoms with Crippen molar-refractivity contribution >= 4 is 17.9 Å². The summed E-state index contributed by atoms with van der Waals surface area (Å²) >= 11 is 0. The summed E-state index contributed by atoms with van der Waals surface area (Å²) in [5.41, 5.74) is 0.